The van der Waals surface area contributed by atoms with Crippen LogP contribution in [0.15, 0.2) is 23.1 Å². The first-order valence-corrected chi connectivity index (χ1v) is 15.9. The summed E-state index contributed by atoms with van der Waals surface area (Å²) in [5.41, 5.74) is 0.493. The molecule has 3 aliphatic heterocycles. The van der Waals surface area contributed by atoms with E-state index in [4.69, 9.17) is 30.8 Å². The van der Waals surface area contributed by atoms with Gasteiger partial charge in [-0.2, -0.15) is 4.39 Å². The minimum absolute atomic E-state index is 0.0603. The van der Waals surface area contributed by atoms with Crippen molar-refractivity contribution in [3.05, 3.63) is 51.0 Å². The lowest BCUT2D eigenvalue weighted by molar-refractivity contribution is -0.116. The number of pyridine rings is 1. The number of carbonyl (C=O) groups is 2. The van der Waals surface area contributed by atoms with Crippen LogP contribution in [0, 0.1) is 5.95 Å². The van der Waals surface area contributed by atoms with Crippen molar-refractivity contribution >= 4 is 46.3 Å². The number of phenolic OH excluding ortho intramolecular Hbond substituents is 1. The predicted octanol–water partition coefficient (Wildman–Crippen LogP) is 2.69. The number of ether oxygens (including phenoxy) is 3. The molecule has 14 nitrogen and oxygen atoms in total. The maximum absolute atomic E-state index is 15.0. The Morgan fingerprint density at radius 2 is 1.88 bits per heavy atom. The number of aryl methyl sites for hydroxylation is 1. The third-order valence-corrected chi connectivity index (χ3v) is 9.53. The second kappa shape index (κ2) is 12.7. The molecule has 0 unspecified atom stereocenters. The van der Waals surface area contributed by atoms with Crippen molar-refractivity contribution in [1.29, 1.82) is 0 Å². The highest BCUT2D eigenvalue weighted by Gasteiger charge is 2.31. The minimum Gasteiger partial charge on any atom is -0.504 e. The van der Waals surface area contributed by atoms with E-state index in [1.165, 1.54) is 24.9 Å². The Morgan fingerprint density at radius 3 is 2.54 bits per heavy atom. The summed E-state index contributed by atoms with van der Waals surface area (Å²) in [7, 11) is 2.68. The molecule has 48 heavy (non-hydrogen) atoms. The number of phenols is 1. The number of piperazine rings is 1. The molecule has 0 saturated carbocycles. The summed E-state index contributed by atoms with van der Waals surface area (Å²) >= 11 is 6.28. The average Bonchev–Trinajstić information content (AvgIpc) is 3.68. The van der Waals surface area contributed by atoms with Crippen molar-refractivity contribution in [3.63, 3.8) is 0 Å². The van der Waals surface area contributed by atoms with E-state index >= 15 is 0 Å². The van der Waals surface area contributed by atoms with E-state index in [2.05, 4.69) is 15.2 Å². The SMILES string of the molecule is COc1c(-c2cn(CC(=O)Nc3cc(N4CCN(C5COC5)CC4)nc(F)c3Cl)c3nc4n(c(=O)c23)CCC4)cc(C=O)c(O)c1OC. The molecule has 0 bridgehead atoms. The fraction of sp³-hybridized carbons (Fsp3) is 0.406. The first-order valence-electron chi connectivity index (χ1n) is 15.5. The van der Waals surface area contributed by atoms with Crippen LogP contribution in [0.3, 0.4) is 0 Å². The average molecular weight is 682 g/mol. The maximum atomic E-state index is 15.0. The molecule has 3 aromatic heterocycles. The Hall–Kier alpha value is -4.73. The van der Waals surface area contributed by atoms with Gasteiger partial charge in [0.1, 0.15) is 28.9 Å². The van der Waals surface area contributed by atoms with Crippen LogP contribution >= 0.6 is 11.6 Å². The molecule has 3 aliphatic rings. The Bertz CT molecular complexity index is 2000. The third kappa shape index (κ3) is 5.41. The quantitative estimate of drug-likeness (QED) is 0.198. The summed E-state index contributed by atoms with van der Waals surface area (Å²) in [5, 5.41) is 13.2. The van der Waals surface area contributed by atoms with Crippen LogP contribution < -0.4 is 25.2 Å². The predicted molar refractivity (Wildman–Crippen MR) is 174 cm³/mol. The molecule has 252 valence electrons. The number of aldehydes is 1. The van der Waals surface area contributed by atoms with Crippen LogP contribution in [0.4, 0.5) is 15.9 Å². The first kappa shape index (κ1) is 31.8. The third-order valence-electron chi connectivity index (χ3n) is 9.17. The highest BCUT2D eigenvalue weighted by atomic mass is 35.5. The fourth-order valence-corrected chi connectivity index (χ4v) is 6.76. The van der Waals surface area contributed by atoms with Gasteiger partial charge in [0.25, 0.3) is 5.56 Å². The molecule has 7 rings (SSSR count). The van der Waals surface area contributed by atoms with Gasteiger partial charge in [0.2, 0.25) is 17.6 Å². The number of carbonyl (C=O) groups excluding carboxylic acids is 2. The van der Waals surface area contributed by atoms with E-state index in [9.17, 15) is 23.9 Å². The second-order valence-corrected chi connectivity index (χ2v) is 12.3. The van der Waals surface area contributed by atoms with Crippen molar-refractivity contribution in [2.75, 3.05) is 63.8 Å². The lowest BCUT2D eigenvalue weighted by Crippen LogP contribution is -2.56. The second-order valence-electron chi connectivity index (χ2n) is 11.9. The molecular weight excluding hydrogens is 649 g/mol. The van der Waals surface area contributed by atoms with Crippen LogP contribution in [0.2, 0.25) is 5.02 Å². The number of aromatic hydroxyl groups is 1. The fourth-order valence-electron chi connectivity index (χ4n) is 6.62. The molecule has 0 spiro atoms. The zero-order valence-electron chi connectivity index (χ0n) is 26.3. The van der Waals surface area contributed by atoms with Crippen LogP contribution in [0.25, 0.3) is 22.2 Å². The molecule has 16 heteroatoms. The summed E-state index contributed by atoms with van der Waals surface area (Å²) in [5.74, 6) is -0.944. The van der Waals surface area contributed by atoms with Gasteiger partial charge in [-0.15, -0.1) is 0 Å². The van der Waals surface area contributed by atoms with Crippen molar-refractivity contribution in [2.45, 2.75) is 32.0 Å². The number of anilines is 2. The van der Waals surface area contributed by atoms with Crippen LogP contribution in [0.5, 0.6) is 17.2 Å². The molecule has 4 aromatic rings. The Morgan fingerprint density at radius 1 is 1.12 bits per heavy atom. The number of amides is 1. The number of hydrogen-bond acceptors (Lipinski definition) is 11. The molecular formula is C32H33ClFN7O7. The molecule has 1 amide bonds. The number of rotatable bonds is 9. The van der Waals surface area contributed by atoms with Gasteiger partial charge in [-0.1, -0.05) is 11.6 Å². The van der Waals surface area contributed by atoms with Gasteiger partial charge in [-0.05, 0) is 12.5 Å². The number of nitrogens with one attached hydrogen (secondary N) is 1. The zero-order chi connectivity index (χ0) is 33.7. The van der Waals surface area contributed by atoms with E-state index in [-0.39, 0.29) is 56.5 Å². The van der Waals surface area contributed by atoms with E-state index in [0.29, 0.717) is 68.8 Å². The molecule has 2 fully saturated rings. The lowest BCUT2D eigenvalue weighted by Gasteiger charge is -2.42. The van der Waals surface area contributed by atoms with Gasteiger partial charge in [0.05, 0.1) is 50.1 Å². The Labute approximate surface area is 278 Å². The lowest BCUT2D eigenvalue weighted by atomic mass is 10.0. The summed E-state index contributed by atoms with van der Waals surface area (Å²) in [4.78, 5) is 52.4. The molecule has 2 saturated heterocycles. The van der Waals surface area contributed by atoms with Gasteiger partial charge in [-0.3, -0.25) is 23.9 Å². The number of benzene rings is 1. The summed E-state index contributed by atoms with van der Waals surface area (Å²) < 4.78 is 34.3. The van der Waals surface area contributed by atoms with E-state index in [1.807, 2.05) is 4.90 Å². The largest absolute Gasteiger partial charge is 0.504 e. The van der Waals surface area contributed by atoms with E-state index in [1.54, 1.807) is 16.8 Å². The number of nitrogens with zero attached hydrogens (tertiary/aromatic N) is 6. The van der Waals surface area contributed by atoms with Gasteiger partial charge in [0, 0.05) is 62.5 Å². The number of aromatic nitrogens is 4. The molecule has 6 heterocycles. The summed E-state index contributed by atoms with van der Waals surface area (Å²) in [6.45, 7) is 4.38. The maximum Gasteiger partial charge on any atom is 0.263 e. The van der Waals surface area contributed by atoms with Gasteiger partial charge < -0.3 is 34.1 Å². The first-order chi connectivity index (χ1) is 23.2. The molecule has 2 N–H and O–H groups in total. The van der Waals surface area contributed by atoms with Crippen molar-refractivity contribution < 1.29 is 33.3 Å². The van der Waals surface area contributed by atoms with Gasteiger partial charge in [-0.25, -0.2) is 9.97 Å². The molecule has 0 radical (unpaired) electrons. The minimum atomic E-state index is -0.905. The standard InChI is InChI=1S/C32H33ClFN7O7/c1-46-28-19(10-17(14-42)27(44)29(28)47-2)20-12-40(31-25(20)32(45)41-5-3-4-22(41)37-31)13-24(43)35-21-11-23(36-30(34)26(21)33)39-8-6-38(7-9-39)18-15-48-16-18/h10-12,14,18,44H,3-9,13,15-16H2,1-2H3,(H,35,36,43). The number of halogens is 2. The van der Waals surface area contributed by atoms with Crippen molar-refractivity contribution in [3.8, 4) is 28.4 Å². The van der Waals surface area contributed by atoms with Crippen LogP contribution in [0.1, 0.15) is 22.6 Å². The molecule has 1 aromatic carbocycles. The highest BCUT2D eigenvalue weighted by Crippen LogP contribution is 2.47. The topological polar surface area (TPSA) is 153 Å². The normalized spacial score (nSPS) is 16.5. The van der Waals surface area contributed by atoms with Crippen molar-refractivity contribution in [2.24, 2.45) is 0 Å². The van der Waals surface area contributed by atoms with Gasteiger partial charge in [0.15, 0.2) is 17.8 Å². The zero-order valence-corrected chi connectivity index (χ0v) is 27.0. The number of fused-ring (bicyclic) bond motifs is 2. The van der Waals surface area contributed by atoms with E-state index in [0.717, 1.165) is 19.5 Å². The number of methoxy groups -OCH3 is 2. The molecule has 0 aliphatic carbocycles. The van der Waals surface area contributed by atoms with Gasteiger partial charge >= 0.3 is 0 Å². The van der Waals surface area contributed by atoms with Crippen molar-refractivity contribution in [1.82, 2.24) is 24.0 Å². The van der Waals surface area contributed by atoms with Crippen LogP contribution in [-0.4, -0.2) is 101 Å². The van der Waals surface area contributed by atoms with Crippen LogP contribution in [-0.2, 0) is 29.0 Å². The summed E-state index contributed by atoms with van der Waals surface area (Å²) in [6.07, 6.45) is 3.34. The Kier molecular flexibility index (Phi) is 8.43. The summed E-state index contributed by atoms with van der Waals surface area (Å²) in [6, 6.07) is 3.34. The highest BCUT2D eigenvalue weighted by molar-refractivity contribution is 6.33. The smallest absolute Gasteiger partial charge is 0.263 e. The molecule has 0 atom stereocenters. The van der Waals surface area contributed by atoms with E-state index < -0.39 is 17.6 Å². The monoisotopic (exact) mass is 681 g/mol. The Balaban J connectivity index is 1.23. The number of hydrogen-bond donors (Lipinski definition) is 2.